The normalized spacial score (nSPS) is 22.5. The lowest BCUT2D eigenvalue weighted by atomic mass is 9.87. The summed E-state index contributed by atoms with van der Waals surface area (Å²) in [5.74, 6) is 0. The summed E-state index contributed by atoms with van der Waals surface area (Å²) in [6, 6.07) is 0. The number of nitrogens with one attached hydrogen (secondary N) is 1. The number of hydrogen-bond acceptors (Lipinski definition) is 3. The van der Waals surface area contributed by atoms with Crippen LogP contribution in [0.1, 0.15) is 33.1 Å². The van der Waals surface area contributed by atoms with Crippen molar-refractivity contribution in [2.24, 2.45) is 5.73 Å². The van der Waals surface area contributed by atoms with Gasteiger partial charge in [-0.05, 0) is 45.4 Å². The summed E-state index contributed by atoms with van der Waals surface area (Å²) >= 11 is 0. The Morgan fingerprint density at radius 1 is 1.29 bits per heavy atom. The zero-order valence-electron chi connectivity index (χ0n) is 9.68. The molecule has 3 heteroatoms. The van der Waals surface area contributed by atoms with Gasteiger partial charge in [0.25, 0.3) is 0 Å². The molecule has 1 fully saturated rings. The van der Waals surface area contributed by atoms with Gasteiger partial charge in [0.1, 0.15) is 0 Å². The minimum Gasteiger partial charge on any atom is -0.329 e. The average Bonchev–Trinajstić information content (AvgIpc) is 2.22. The highest BCUT2D eigenvalue weighted by Gasteiger charge is 2.31. The SMILES string of the molecule is CCCN1CCC(CN)(NCC)CC1. The predicted molar refractivity (Wildman–Crippen MR) is 61.4 cm³/mol. The molecule has 1 aliphatic heterocycles. The molecule has 0 spiro atoms. The second-order valence-electron chi connectivity index (χ2n) is 4.36. The third kappa shape index (κ3) is 2.94. The van der Waals surface area contributed by atoms with Crippen LogP contribution in [0, 0.1) is 0 Å². The van der Waals surface area contributed by atoms with Crippen LogP contribution in [0.5, 0.6) is 0 Å². The van der Waals surface area contributed by atoms with Gasteiger partial charge in [0.05, 0.1) is 0 Å². The van der Waals surface area contributed by atoms with Crippen LogP contribution in [-0.4, -0.2) is 43.2 Å². The molecule has 0 bridgehead atoms. The van der Waals surface area contributed by atoms with E-state index in [0.29, 0.717) is 0 Å². The Morgan fingerprint density at radius 2 is 1.93 bits per heavy atom. The molecule has 1 rings (SSSR count). The Hall–Kier alpha value is -0.120. The summed E-state index contributed by atoms with van der Waals surface area (Å²) in [5, 5.41) is 3.56. The summed E-state index contributed by atoms with van der Waals surface area (Å²) in [5.41, 5.74) is 6.10. The van der Waals surface area contributed by atoms with Gasteiger partial charge in [-0.3, -0.25) is 0 Å². The highest BCUT2D eigenvalue weighted by molar-refractivity contribution is 4.93. The van der Waals surface area contributed by atoms with Crippen LogP contribution < -0.4 is 11.1 Å². The van der Waals surface area contributed by atoms with Crippen LogP contribution in [0.15, 0.2) is 0 Å². The molecule has 0 unspecified atom stereocenters. The van der Waals surface area contributed by atoms with Gasteiger partial charge in [-0.15, -0.1) is 0 Å². The number of hydrogen-bond donors (Lipinski definition) is 2. The Kier molecular flexibility index (Phi) is 4.85. The summed E-state index contributed by atoms with van der Waals surface area (Å²) in [6.45, 7) is 9.87. The summed E-state index contributed by atoms with van der Waals surface area (Å²) in [4.78, 5) is 2.55. The summed E-state index contributed by atoms with van der Waals surface area (Å²) < 4.78 is 0. The van der Waals surface area contributed by atoms with Gasteiger partial charge in [0.15, 0.2) is 0 Å². The number of likely N-dealkylation sites (tertiary alicyclic amines) is 1. The molecule has 0 atom stereocenters. The second kappa shape index (κ2) is 5.69. The van der Waals surface area contributed by atoms with Crippen molar-refractivity contribution in [3.8, 4) is 0 Å². The highest BCUT2D eigenvalue weighted by Crippen LogP contribution is 2.21. The van der Waals surface area contributed by atoms with Gasteiger partial charge >= 0.3 is 0 Å². The molecule has 0 aliphatic carbocycles. The minimum absolute atomic E-state index is 0.235. The average molecular weight is 199 g/mol. The monoisotopic (exact) mass is 199 g/mol. The molecule has 0 aromatic heterocycles. The van der Waals surface area contributed by atoms with Crippen molar-refractivity contribution in [3.05, 3.63) is 0 Å². The van der Waals surface area contributed by atoms with Crippen molar-refractivity contribution in [1.82, 2.24) is 10.2 Å². The van der Waals surface area contributed by atoms with E-state index in [9.17, 15) is 0 Å². The van der Waals surface area contributed by atoms with Crippen molar-refractivity contribution in [3.63, 3.8) is 0 Å². The lowest BCUT2D eigenvalue weighted by Crippen LogP contribution is -2.57. The Balaban J connectivity index is 2.38. The largest absolute Gasteiger partial charge is 0.329 e. The molecule has 1 heterocycles. The molecule has 0 aromatic carbocycles. The first-order chi connectivity index (χ1) is 6.76. The number of rotatable bonds is 5. The van der Waals surface area contributed by atoms with Gasteiger partial charge in [-0.2, -0.15) is 0 Å². The molecule has 0 aromatic rings. The van der Waals surface area contributed by atoms with Gasteiger partial charge in [0.2, 0.25) is 0 Å². The molecule has 1 saturated heterocycles. The molecular formula is C11H25N3. The van der Waals surface area contributed by atoms with E-state index in [1.54, 1.807) is 0 Å². The van der Waals surface area contributed by atoms with Crippen LogP contribution in [0.3, 0.4) is 0 Å². The molecule has 3 nitrogen and oxygen atoms in total. The Bertz CT molecular complexity index is 151. The third-order valence-corrected chi connectivity index (χ3v) is 3.30. The van der Waals surface area contributed by atoms with Crippen molar-refractivity contribution in [1.29, 1.82) is 0 Å². The smallest absolute Gasteiger partial charge is 0.0328 e. The van der Waals surface area contributed by atoms with Crippen LogP contribution in [0.25, 0.3) is 0 Å². The highest BCUT2D eigenvalue weighted by atomic mass is 15.2. The molecule has 0 radical (unpaired) electrons. The first-order valence-electron chi connectivity index (χ1n) is 5.94. The van der Waals surface area contributed by atoms with E-state index in [-0.39, 0.29) is 5.54 Å². The van der Waals surface area contributed by atoms with Crippen molar-refractivity contribution >= 4 is 0 Å². The molecule has 3 N–H and O–H groups in total. The third-order valence-electron chi connectivity index (χ3n) is 3.30. The molecule has 84 valence electrons. The quantitative estimate of drug-likeness (QED) is 0.688. The topological polar surface area (TPSA) is 41.3 Å². The van der Waals surface area contributed by atoms with E-state index in [2.05, 4.69) is 24.1 Å². The lowest BCUT2D eigenvalue weighted by Gasteiger charge is -2.41. The van der Waals surface area contributed by atoms with E-state index in [1.807, 2.05) is 0 Å². The zero-order valence-corrected chi connectivity index (χ0v) is 9.68. The van der Waals surface area contributed by atoms with Gasteiger partial charge < -0.3 is 16.0 Å². The molecule has 14 heavy (non-hydrogen) atoms. The number of piperidine rings is 1. The maximum Gasteiger partial charge on any atom is 0.0328 e. The van der Waals surface area contributed by atoms with Crippen LogP contribution >= 0.6 is 0 Å². The Labute approximate surface area is 88.0 Å². The second-order valence-corrected chi connectivity index (χ2v) is 4.36. The molecule has 1 aliphatic rings. The van der Waals surface area contributed by atoms with Gasteiger partial charge in [-0.1, -0.05) is 13.8 Å². The number of nitrogens with zero attached hydrogens (tertiary/aromatic N) is 1. The fourth-order valence-electron chi connectivity index (χ4n) is 2.35. The fourth-order valence-corrected chi connectivity index (χ4v) is 2.35. The first-order valence-corrected chi connectivity index (χ1v) is 5.94. The number of nitrogens with two attached hydrogens (primary N) is 1. The summed E-state index contributed by atoms with van der Waals surface area (Å²) in [7, 11) is 0. The predicted octanol–water partition coefficient (Wildman–Crippen LogP) is 0.799. The maximum atomic E-state index is 5.86. The molecule has 0 saturated carbocycles. The standard InChI is InChI=1S/C11H25N3/c1-3-7-14-8-5-11(10-12,6-9-14)13-4-2/h13H,3-10,12H2,1-2H3. The van der Waals surface area contributed by atoms with E-state index < -0.39 is 0 Å². The minimum atomic E-state index is 0.235. The van der Waals surface area contributed by atoms with Crippen LogP contribution in [0.4, 0.5) is 0 Å². The van der Waals surface area contributed by atoms with Gasteiger partial charge in [-0.25, -0.2) is 0 Å². The van der Waals surface area contributed by atoms with Gasteiger partial charge in [0, 0.05) is 12.1 Å². The molecule has 0 amide bonds. The molecular weight excluding hydrogens is 174 g/mol. The van der Waals surface area contributed by atoms with E-state index in [1.165, 1.54) is 38.9 Å². The maximum absolute atomic E-state index is 5.86. The van der Waals surface area contributed by atoms with Crippen molar-refractivity contribution in [2.75, 3.05) is 32.7 Å². The summed E-state index contributed by atoms with van der Waals surface area (Å²) in [6.07, 6.45) is 3.67. The first kappa shape index (κ1) is 12.0. The van der Waals surface area contributed by atoms with E-state index in [4.69, 9.17) is 5.73 Å². The van der Waals surface area contributed by atoms with Crippen molar-refractivity contribution < 1.29 is 0 Å². The fraction of sp³-hybridized carbons (Fsp3) is 1.00. The van der Waals surface area contributed by atoms with E-state index >= 15 is 0 Å². The van der Waals surface area contributed by atoms with Crippen LogP contribution in [0.2, 0.25) is 0 Å². The van der Waals surface area contributed by atoms with E-state index in [0.717, 1.165) is 13.1 Å². The zero-order chi connectivity index (χ0) is 10.4. The lowest BCUT2D eigenvalue weighted by molar-refractivity contribution is 0.141. The number of likely N-dealkylation sites (N-methyl/N-ethyl adjacent to an activating group) is 1. The van der Waals surface area contributed by atoms with Crippen molar-refractivity contribution in [2.45, 2.75) is 38.6 Å². The Morgan fingerprint density at radius 3 is 2.36 bits per heavy atom. The van der Waals surface area contributed by atoms with Crippen LogP contribution in [-0.2, 0) is 0 Å².